The normalized spacial score (nSPS) is 20.8. The summed E-state index contributed by atoms with van der Waals surface area (Å²) in [6, 6.07) is 5.56. The van der Waals surface area contributed by atoms with E-state index in [1.54, 1.807) is 6.07 Å². The number of nitrogens with zero attached hydrogens (tertiary/aromatic N) is 1. The molecular formula is C13H16ClN3O2. The summed E-state index contributed by atoms with van der Waals surface area (Å²) in [4.78, 5) is 12.9. The third kappa shape index (κ3) is 2.18. The summed E-state index contributed by atoms with van der Waals surface area (Å²) in [6.45, 7) is 1.88. The fourth-order valence-electron chi connectivity index (χ4n) is 3.13. The molecule has 0 aromatic heterocycles. The number of halogens is 1. The predicted molar refractivity (Wildman–Crippen MR) is 74.2 cm³/mol. The fraction of sp³-hybridized carbons (Fsp3) is 0.462. The second-order valence-electron chi connectivity index (χ2n) is 5.53. The van der Waals surface area contributed by atoms with Crippen molar-refractivity contribution in [2.75, 3.05) is 23.7 Å². The van der Waals surface area contributed by atoms with Crippen molar-refractivity contribution in [3.05, 3.63) is 23.2 Å². The lowest BCUT2D eigenvalue weighted by Gasteiger charge is -2.59. The van der Waals surface area contributed by atoms with Crippen LogP contribution in [0.5, 0.6) is 0 Å². The van der Waals surface area contributed by atoms with Crippen molar-refractivity contribution in [2.24, 2.45) is 11.1 Å². The number of primary amides is 1. The number of anilines is 2. The highest BCUT2D eigenvalue weighted by molar-refractivity contribution is 6.33. The molecule has 3 rings (SSSR count). The first-order valence-corrected chi connectivity index (χ1v) is 6.61. The first-order chi connectivity index (χ1) is 8.97. The van der Waals surface area contributed by atoms with Crippen LogP contribution in [0, 0.1) is 5.41 Å². The number of carbonyl (C=O) groups excluding carboxylic acids is 1. The van der Waals surface area contributed by atoms with Crippen molar-refractivity contribution in [2.45, 2.75) is 18.9 Å². The zero-order valence-electron chi connectivity index (χ0n) is 10.4. The molecule has 5 nitrogen and oxygen atoms in total. The third-order valence-corrected chi connectivity index (χ3v) is 4.27. The molecule has 2 aliphatic rings. The second kappa shape index (κ2) is 4.20. The molecule has 1 saturated heterocycles. The van der Waals surface area contributed by atoms with Crippen LogP contribution in [-0.4, -0.2) is 25.3 Å². The summed E-state index contributed by atoms with van der Waals surface area (Å²) in [7, 11) is 0. The van der Waals surface area contributed by atoms with E-state index in [1.165, 1.54) is 0 Å². The maximum atomic E-state index is 10.6. The first-order valence-electron chi connectivity index (χ1n) is 6.24. The van der Waals surface area contributed by atoms with E-state index >= 15 is 0 Å². The van der Waals surface area contributed by atoms with Gasteiger partial charge in [0.15, 0.2) is 0 Å². The number of rotatable bonds is 2. The second-order valence-corrected chi connectivity index (χ2v) is 5.94. The minimum atomic E-state index is -0.683. The Bertz CT molecular complexity index is 521. The van der Waals surface area contributed by atoms with Crippen molar-refractivity contribution in [1.29, 1.82) is 0 Å². The average molecular weight is 282 g/mol. The molecule has 1 aromatic carbocycles. The van der Waals surface area contributed by atoms with Crippen LogP contribution < -0.4 is 16.4 Å². The Morgan fingerprint density at radius 2 is 2.11 bits per heavy atom. The predicted octanol–water partition coefficient (Wildman–Crippen LogP) is 1.99. The van der Waals surface area contributed by atoms with Gasteiger partial charge in [-0.3, -0.25) is 0 Å². The van der Waals surface area contributed by atoms with E-state index in [0.717, 1.165) is 31.6 Å². The van der Waals surface area contributed by atoms with Gasteiger partial charge in [0.05, 0.1) is 10.7 Å². The van der Waals surface area contributed by atoms with E-state index in [0.29, 0.717) is 10.7 Å². The summed E-state index contributed by atoms with van der Waals surface area (Å²) >= 11 is 6.18. The van der Waals surface area contributed by atoms with E-state index < -0.39 is 6.09 Å². The molecule has 0 atom stereocenters. The molecule has 102 valence electrons. The lowest BCUT2D eigenvalue weighted by atomic mass is 9.61. The number of nitrogens with two attached hydrogens (primary N) is 2. The molecule has 0 bridgehead atoms. The molecule has 2 fully saturated rings. The summed E-state index contributed by atoms with van der Waals surface area (Å²) in [5.74, 6) is 0. The van der Waals surface area contributed by atoms with E-state index in [9.17, 15) is 4.79 Å². The smallest absolute Gasteiger partial charge is 0.404 e. The van der Waals surface area contributed by atoms with Crippen LogP contribution in [0.4, 0.5) is 16.2 Å². The van der Waals surface area contributed by atoms with Crippen LogP contribution in [0.1, 0.15) is 12.8 Å². The molecule has 1 aliphatic heterocycles. The maximum absolute atomic E-state index is 10.6. The topological polar surface area (TPSA) is 81.6 Å². The Labute approximate surface area is 116 Å². The highest BCUT2D eigenvalue weighted by Crippen LogP contribution is 2.51. The van der Waals surface area contributed by atoms with Crippen molar-refractivity contribution in [3.63, 3.8) is 0 Å². The van der Waals surface area contributed by atoms with Gasteiger partial charge in [0.1, 0.15) is 6.10 Å². The zero-order valence-corrected chi connectivity index (χ0v) is 11.2. The molecule has 6 heteroatoms. The van der Waals surface area contributed by atoms with Crippen molar-refractivity contribution in [3.8, 4) is 0 Å². The lowest BCUT2D eigenvalue weighted by molar-refractivity contribution is -0.0546. The van der Waals surface area contributed by atoms with Gasteiger partial charge in [-0.05, 0) is 31.0 Å². The van der Waals surface area contributed by atoms with Gasteiger partial charge in [-0.25, -0.2) is 4.79 Å². The first kappa shape index (κ1) is 12.4. The highest BCUT2D eigenvalue weighted by Gasteiger charge is 2.54. The van der Waals surface area contributed by atoms with Crippen molar-refractivity contribution >= 4 is 29.1 Å². The summed E-state index contributed by atoms with van der Waals surface area (Å²) in [5.41, 5.74) is 12.6. The van der Waals surface area contributed by atoms with Gasteiger partial charge in [0, 0.05) is 24.2 Å². The zero-order chi connectivity index (χ0) is 13.6. The van der Waals surface area contributed by atoms with Crippen LogP contribution in [-0.2, 0) is 4.74 Å². The van der Waals surface area contributed by atoms with Crippen LogP contribution in [0.3, 0.4) is 0 Å². The van der Waals surface area contributed by atoms with E-state index in [4.69, 9.17) is 27.8 Å². The van der Waals surface area contributed by atoms with Gasteiger partial charge < -0.3 is 21.1 Å². The Morgan fingerprint density at radius 1 is 1.42 bits per heavy atom. The number of ether oxygens (including phenoxy) is 1. The fourth-order valence-corrected chi connectivity index (χ4v) is 3.43. The number of hydrogen-bond acceptors (Lipinski definition) is 4. The molecule has 1 heterocycles. The lowest BCUT2D eigenvalue weighted by Crippen LogP contribution is -2.64. The van der Waals surface area contributed by atoms with E-state index in [1.807, 2.05) is 12.1 Å². The average Bonchev–Trinajstić information content (AvgIpc) is 2.20. The molecule has 1 aromatic rings. The van der Waals surface area contributed by atoms with E-state index in [2.05, 4.69) is 4.90 Å². The number of nitrogen functional groups attached to an aromatic ring is 1. The van der Waals surface area contributed by atoms with Crippen LogP contribution in [0.15, 0.2) is 18.2 Å². The SMILES string of the molecule is NC(=O)OC1CC2(C1)CN(c1ccc(N)cc1Cl)C2. The van der Waals surface area contributed by atoms with Gasteiger partial charge in [0.2, 0.25) is 0 Å². The molecule has 1 aliphatic carbocycles. The summed E-state index contributed by atoms with van der Waals surface area (Å²) < 4.78 is 4.98. The quantitative estimate of drug-likeness (QED) is 0.812. The van der Waals surface area contributed by atoms with Gasteiger partial charge in [0.25, 0.3) is 0 Å². The molecule has 0 radical (unpaired) electrons. The molecule has 1 spiro atoms. The number of carbonyl (C=O) groups is 1. The van der Waals surface area contributed by atoms with E-state index in [-0.39, 0.29) is 11.5 Å². The molecule has 0 unspecified atom stereocenters. The molecule has 1 saturated carbocycles. The molecular weight excluding hydrogens is 266 g/mol. The van der Waals surface area contributed by atoms with Crippen LogP contribution in [0.25, 0.3) is 0 Å². The van der Waals surface area contributed by atoms with Gasteiger partial charge in [-0.2, -0.15) is 0 Å². The van der Waals surface area contributed by atoms with Gasteiger partial charge in [-0.1, -0.05) is 11.6 Å². The largest absolute Gasteiger partial charge is 0.446 e. The number of hydrogen-bond donors (Lipinski definition) is 2. The standard InChI is InChI=1S/C13H16ClN3O2/c14-10-3-8(15)1-2-11(10)17-6-13(7-17)4-9(5-13)19-12(16)18/h1-3,9H,4-7,15H2,(H2,16,18). The molecule has 19 heavy (non-hydrogen) atoms. The number of benzene rings is 1. The van der Waals surface area contributed by atoms with Crippen LogP contribution in [0.2, 0.25) is 5.02 Å². The summed E-state index contributed by atoms with van der Waals surface area (Å²) in [6.07, 6.45) is 1.08. The molecule has 4 N–H and O–H groups in total. The summed E-state index contributed by atoms with van der Waals surface area (Å²) in [5, 5.41) is 0.680. The minimum Gasteiger partial charge on any atom is -0.446 e. The van der Waals surface area contributed by atoms with Gasteiger partial charge >= 0.3 is 6.09 Å². The van der Waals surface area contributed by atoms with Crippen molar-refractivity contribution < 1.29 is 9.53 Å². The van der Waals surface area contributed by atoms with Crippen molar-refractivity contribution in [1.82, 2.24) is 0 Å². The number of amides is 1. The minimum absolute atomic E-state index is 0.0125. The Kier molecular flexibility index (Phi) is 2.74. The maximum Gasteiger partial charge on any atom is 0.404 e. The Hall–Kier alpha value is -1.62. The Balaban J connectivity index is 1.58. The molecule has 1 amide bonds. The monoisotopic (exact) mass is 281 g/mol. The highest BCUT2D eigenvalue weighted by atomic mass is 35.5. The van der Waals surface area contributed by atoms with Gasteiger partial charge in [-0.15, -0.1) is 0 Å². The Morgan fingerprint density at radius 3 is 2.68 bits per heavy atom. The third-order valence-electron chi connectivity index (χ3n) is 3.97. The van der Waals surface area contributed by atoms with Crippen LogP contribution >= 0.6 is 11.6 Å².